The van der Waals surface area contributed by atoms with Crippen LogP contribution in [0.1, 0.15) is 24.0 Å². The molecule has 0 saturated carbocycles. The van der Waals surface area contributed by atoms with Gasteiger partial charge in [-0.2, -0.15) is 0 Å². The van der Waals surface area contributed by atoms with Crippen molar-refractivity contribution < 1.29 is 19.5 Å². The minimum Gasteiger partial charge on any atom is -0.481 e. The summed E-state index contributed by atoms with van der Waals surface area (Å²) in [5.74, 6) is -1.64. The summed E-state index contributed by atoms with van der Waals surface area (Å²) in [4.78, 5) is 29.4. The fourth-order valence-corrected chi connectivity index (χ4v) is 2.88. The second kappa shape index (κ2) is 7.58. The lowest BCUT2D eigenvalue weighted by molar-refractivity contribution is -0.156. The van der Waals surface area contributed by atoms with Gasteiger partial charge in [-0.25, -0.2) is 0 Å². The number of hydrogen-bond acceptors (Lipinski definition) is 4. The van der Waals surface area contributed by atoms with Gasteiger partial charge in [-0.15, -0.1) is 0 Å². The number of benzene rings is 2. The van der Waals surface area contributed by atoms with Gasteiger partial charge in [0.1, 0.15) is 0 Å². The van der Waals surface area contributed by atoms with E-state index in [0.29, 0.717) is 10.7 Å². The van der Waals surface area contributed by atoms with E-state index in [-0.39, 0.29) is 13.0 Å². The molecule has 134 valence electrons. The fraction of sp³-hybridized carbons (Fsp3) is 0.211. The number of carbonyl (C=O) groups is 2. The third-order valence-corrected chi connectivity index (χ3v) is 4.36. The van der Waals surface area contributed by atoms with E-state index in [4.69, 9.17) is 16.4 Å². The van der Waals surface area contributed by atoms with Crippen molar-refractivity contribution in [1.29, 1.82) is 0 Å². The topological polar surface area (TPSA) is 88.0 Å². The lowest BCUT2D eigenvalue weighted by Crippen LogP contribution is -2.48. The van der Waals surface area contributed by atoms with Gasteiger partial charge in [0.2, 0.25) is 5.60 Å². The molecule has 1 amide bonds. The molecule has 26 heavy (non-hydrogen) atoms. The zero-order chi connectivity index (χ0) is 18.6. The number of rotatable bonds is 6. The summed E-state index contributed by atoms with van der Waals surface area (Å²) in [7, 11) is 0. The maximum atomic E-state index is 12.7. The molecule has 0 unspecified atom stereocenters. The van der Waals surface area contributed by atoms with Crippen LogP contribution in [0.25, 0.3) is 0 Å². The van der Waals surface area contributed by atoms with Gasteiger partial charge in [-0.1, -0.05) is 59.2 Å². The van der Waals surface area contributed by atoms with Crippen molar-refractivity contribution in [3.63, 3.8) is 0 Å². The Morgan fingerprint density at radius 2 is 1.85 bits per heavy atom. The van der Waals surface area contributed by atoms with E-state index < -0.39 is 23.9 Å². The van der Waals surface area contributed by atoms with Crippen LogP contribution in [0.5, 0.6) is 0 Å². The second-order valence-electron chi connectivity index (χ2n) is 6.05. The Labute approximate surface area is 155 Å². The lowest BCUT2D eigenvalue weighted by Gasteiger charge is -2.23. The molecule has 1 atom stereocenters. The number of halogens is 1. The summed E-state index contributed by atoms with van der Waals surface area (Å²) in [6, 6.07) is 16.3. The molecule has 1 heterocycles. The Morgan fingerprint density at radius 3 is 2.50 bits per heavy atom. The van der Waals surface area contributed by atoms with Crippen LogP contribution in [0.3, 0.4) is 0 Å². The number of carboxylic acids is 1. The molecule has 2 aromatic carbocycles. The van der Waals surface area contributed by atoms with Crippen LogP contribution in [0.4, 0.5) is 0 Å². The Morgan fingerprint density at radius 1 is 1.15 bits per heavy atom. The zero-order valence-corrected chi connectivity index (χ0v) is 14.6. The van der Waals surface area contributed by atoms with Crippen molar-refractivity contribution >= 4 is 29.2 Å². The van der Waals surface area contributed by atoms with Gasteiger partial charge < -0.3 is 15.3 Å². The largest absolute Gasteiger partial charge is 0.481 e. The van der Waals surface area contributed by atoms with Crippen LogP contribution in [-0.4, -0.2) is 28.3 Å². The summed E-state index contributed by atoms with van der Waals surface area (Å²) < 4.78 is 0. The first-order valence-electron chi connectivity index (χ1n) is 8.03. The van der Waals surface area contributed by atoms with Crippen molar-refractivity contribution in [3.05, 3.63) is 70.7 Å². The van der Waals surface area contributed by atoms with Crippen molar-refractivity contribution in [1.82, 2.24) is 5.32 Å². The first-order valence-corrected chi connectivity index (χ1v) is 8.41. The standard InChI is InChI=1S/C19H17ClN2O4/c20-15-8-6-14(7-9-15)16-10-19(26-22-16,11-17(23)24)18(25)21-12-13-4-2-1-3-5-13/h1-9H,10-12H2,(H,21,25)(H,23,24)/t19-/m0/s1. The lowest BCUT2D eigenvalue weighted by atomic mass is 9.90. The van der Waals surface area contributed by atoms with Crippen molar-refractivity contribution in [3.8, 4) is 0 Å². The molecule has 0 saturated heterocycles. The van der Waals surface area contributed by atoms with Crippen LogP contribution in [-0.2, 0) is 21.0 Å². The molecule has 6 nitrogen and oxygen atoms in total. The van der Waals surface area contributed by atoms with Gasteiger partial charge in [-0.3, -0.25) is 9.59 Å². The van der Waals surface area contributed by atoms with Gasteiger partial charge in [0.15, 0.2) is 0 Å². The SMILES string of the molecule is O=C(O)C[C@]1(C(=O)NCc2ccccc2)CC(c2ccc(Cl)cc2)=NO1. The molecule has 1 aliphatic heterocycles. The molecule has 3 rings (SSSR count). The number of aliphatic carboxylic acids is 1. The normalized spacial score (nSPS) is 18.7. The highest BCUT2D eigenvalue weighted by atomic mass is 35.5. The molecule has 2 aromatic rings. The number of nitrogens with one attached hydrogen (secondary N) is 1. The van der Waals surface area contributed by atoms with E-state index >= 15 is 0 Å². The number of nitrogens with zero attached hydrogens (tertiary/aromatic N) is 1. The maximum absolute atomic E-state index is 12.7. The number of carboxylic acid groups (broad SMARTS) is 1. The molecule has 1 aliphatic rings. The van der Waals surface area contributed by atoms with E-state index in [0.717, 1.165) is 11.1 Å². The van der Waals surface area contributed by atoms with Gasteiger partial charge in [0.25, 0.3) is 5.91 Å². The second-order valence-corrected chi connectivity index (χ2v) is 6.48. The highest BCUT2D eigenvalue weighted by molar-refractivity contribution is 6.30. The van der Waals surface area contributed by atoms with Gasteiger partial charge >= 0.3 is 5.97 Å². The van der Waals surface area contributed by atoms with Crippen molar-refractivity contribution in [2.75, 3.05) is 0 Å². The molecule has 0 aliphatic carbocycles. The number of hydrogen-bond donors (Lipinski definition) is 2. The molecule has 0 aromatic heterocycles. The van der Waals surface area contributed by atoms with Crippen LogP contribution >= 0.6 is 11.6 Å². The molecule has 0 fully saturated rings. The monoisotopic (exact) mass is 372 g/mol. The van der Waals surface area contributed by atoms with Crippen LogP contribution in [0.2, 0.25) is 5.02 Å². The van der Waals surface area contributed by atoms with Crippen LogP contribution < -0.4 is 5.32 Å². The van der Waals surface area contributed by atoms with E-state index in [1.165, 1.54) is 0 Å². The number of carbonyl (C=O) groups excluding carboxylic acids is 1. The molecular weight excluding hydrogens is 356 g/mol. The first-order chi connectivity index (χ1) is 12.5. The van der Waals surface area contributed by atoms with E-state index in [1.54, 1.807) is 24.3 Å². The summed E-state index contributed by atoms with van der Waals surface area (Å²) in [5.41, 5.74) is 0.591. The van der Waals surface area contributed by atoms with E-state index in [1.807, 2.05) is 30.3 Å². The van der Waals surface area contributed by atoms with E-state index in [9.17, 15) is 14.7 Å². The Hall–Kier alpha value is -2.86. The predicted octanol–water partition coefficient (Wildman–Crippen LogP) is 2.99. The van der Waals surface area contributed by atoms with Gasteiger partial charge in [0, 0.05) is 18.0 Å². The first kappa shape index (κ1) is 17.9. The average Bonchev–Trinajstić information content (AvgIpc) is 3.06. The molecular formula is C19H17ClN2O4. The average molecular weight is 373 g/mol. The molecule has 0 spiro atoms. The van der Waals surface area contributed by atoms with Gasteiger partial charge in [0.05, 0.1) is 12.1 Å². The molecule has 2 N–H and O–H groups in total. The van der Waals surface area contributed by atoms with Crippen LogP contribution in [0, 0.1) is 0 Å². The van der Waals surface area contributed by atoms with E-state index in [2.05, 4.69) is 10.5 Å². The summed E-state index contributed by atoms with van der Waals surface area (Å²) in [5, 5.41) is 16.5. The van der Waals surface area contributed by atoms with Gasteiger partial charge in [-0.05, 0) is 23.3 Å². The molecule has 7 heteroatoms. The quantitative estimate of drug-likeness (QED) is 0.815. The smallest absolute Gasteiger partial charge is 0.308 e. The van der Waals surface area contributed by atoms with Crippen molar-refractivity contribution in [2.24, 2.45) is 5.16 Å². The van der Waals surface area contributed by atoms with Crippen LogP contribution in [0.15, 0.2) is 59.8 Å². The Balaban J connectivity index is 1.74. The van der Waals surface area contributed by atoms with Crippen molar-refractivity contribution in [2.45, 2.75) is 25.0 Å². The summed E-state index contributed by atoms with van der Waals surface area (Å²) >= 11 is 5.88. The highest BCUT2D eigenvalue weighted by Crippen LogP contribution is 2.31. The Bertz CT molecular complexity index is 836. The molecule has 0 bridgehead atoms. The minimum atomic E-state index is -1.56. The highest BCUT2D eigenvalue weighted by Gasteiger charge is 2.48. The number of oxime groups is 1. The number of amides is 1. The molecule has 0 radical (unpaired) electrons. The summed E-state index contributed by atoms with van der Waals surface area (Å²) in [6.07, 6.45) is -0.407. The third kappa shape index (κ3) is 4.03. The predicted molar refractivity (Wildman–Crippen MR) is 97.0 cm³/mol. The fourth-order valence-electron chi connectivity index (χ4n) is 2.75. The third-order valence-electron chi connectivity index (χ3n) is 4.11. The zero-order valence-electron chi connectivity index (χ0n) is 13.8. The maximum Gasteiger partial charge on any atom is 0.308 e. The minimum absolute atomic E-state index is 0.0710. The Kier molecular flexibility index (Phi) is 5.23. The summed E-state index contributed by atoms with van der Waals surface area (Å²) in [6.45, 7) is 0.278.